The van der Waals surface area contributed by atoms with E-state index in [1.54, 1.807) is 18.3 Å². The second-order valence-electron chi connectivity index (χ2n) is 4.32. The van der Waals surface area contributed by atoms with Gasteiger partial charge in [-0.2, -0.15) is 5.10 Å². The fourth-order valence-corrected chi connectivity index (χ4v) is 2.18. The van der Waals surface area contributed by atoms with Gasteiger partial charge in [-0.15, -0.1) is 0 Å². The lowest BCUT2D eigenvalue weighted by Crippen LogP contribution is -2.07. The Morgan fingerprint density at radius 1 is 1.11 bits per heavy atom. The molecule has 0 bridgehead atoms. The zero-order chi connectivity index (χ0) is 13.2. The van der Waals surface area contributed by atoms with Gasteiger partial charge < -0.3 is 5.11 Å². The van der Waals surface area contributed by atoms with Crippen molar-refractivity contribution in [2.24, 2.45) is 0 Å². The number of aromatic nitrogens is 2. The molecule has 3 rings (SSSR count). The third kappa shape index (κ3) is 2.08. The van der Waals surface area contributed by atoms with E-state index in [9.17, 15) is 9.90 Å². The largest absolute Gasteiger partial charge is 0.478 e. The van der Waals surface area contributed by atoms with Crippen LogP contribution in [0.2, 0.25) is 0 Å². The Morgan fingerprint density at radius 3 is 2.68 bits per heavy atom. The van der Waals surface area contributed by atoms with Crippen LogP contribution < -0.4 is 0 Å². The highest BCUT2D eigenvalue weighted by atomic mass is 16.4. The summed E-state index contributed by atoms with van der Waals surface area (Å²) in [5.74, 6) is -0.910. The van der Waals surface area contributed by atoms with Crippen LogP contribution in [0, 0.1) is 0 Å². The molecule has 1 aromatic heterocycles. The number of rotatable bonds is 3. The molecule has 0 spiro atoms. The fraction of sp³-hybridized carbons (Fsp3) is 0.0667. The molecule has 4 nitrogen and oxygen atoms in total. The molecule has 0 aliphatic rings. The Kier molecular flexibility index (Phi) is 2.76. The summed E-state index contributed by atoms with van der Waals surface area (Å²) in [4.78, 5) is 11.2. The minimum absolute atomic E-state index is 0.321. The van der Waals surface area contributed by atoms with E-state index in [0.29, 0.717) is 12.1 Å². The Morgan fingerprint density at radius 2 is 1.84 bits per heavy atom. The van der Waals surface area contributed by atoms with Crippen LogP contribution in [0.1, 0.15) is 15.9 Å². The van der Waals surface area contributed by atoms with Crippen molar-refractivity contribution >= 4 is 16.9 Å². The van der Waals surface area contributed by atoms with Crippen molar-refractivity contribution in [1.29, 1.82) is 0 Å². The second kappa shape index (κ2) is 4.57. The van der Waals surface area contributed by atoms with Gasteiger partial charge in [0.25, 0.3) is 0 Å². The zero-order valence-electron chi connectivity index (χ0n) is 10.2. The Labute approximate surface area is 109 Å². The van der Waals surface area contributed by atoms with E-state index in [4.69, 9.17) is 0 Å². The molecular formula is C15H12N2O2. The van der Waals surface area contributed by atoms with Gasteiger partial charge in [0.2, 0.25) is 0 Å². The van der Waals surface area contributed by atoms with E-state index in [-0.39, 0.29) is 0 Å². The van der Waals surface area contributed by atoms with Gasteiger partial charge in [0.1, 0.15) is 0 Å². The number of aromatic carboxylic acids is 1. The molecule has 1 heterocycles. The lowest BCUT2D eigenvalue weighted by atomic mass is 10.1. The molecule has 4 heteroatoms. The van der Waals surface area contributed by atoms with Crippen molar-refractivity contribution in [2.45, 2.75) is 6.54 Å². The molecule has 19 heavy (non-hydrogen) atoms. The van der Waals surface area contributed by atoms with Crippen molar-refractivity contribution in [3.63, 3.8) is 0 Å². The first kappa shape index (κ1) is 11.5. The van der Waals surface area contributed by atoms with Crippen LogP contribution in [0.4, 0.5) is 0 Å². The van der Waals surface area contributed by atoms with Gasteiger partial charge in [0, 0.05) is 5.39 Å². The third-order valence-corrected chi connectivity index (χ3v) is 3.12. The molecule has 1 N–H and O–H groups in total. The quantitative estimate of drug-likeness (QED) is 0.779. The topological polar surface area (TPSA) is 55.1 Å². The van der Waals surface area contributed by atoms with Crippen molar-refractivity contribution in [2.75, 3.05) is 0 Å². The predicted octanol–water partition coefficient (Wildman–Crippen LogP) is 2.78. The number of carbonyl (C=O) groups is 1. The van der Waals surface area contributed by atoms with Crippen LogP contribution >= 0.6 is 0 Å². The molecule has 0 aliphatic heterocycles. The molecule has 0 fully saturated rings. The highest BCUT2D eigenvalue weighted by Crippen LogP contribution is 2.16. The highest BCUT2D eigenvalue weighted by Gasteiger charge is 2.10. The number of benzene rings is 2. The van der Waals surface area contributed by atoms with Gasteiger partial charge in [-0.25, -0.2) is 4.79 Å². The number of hydrogen-bond acceptors (Lipinski definition) is 2. The third-order valence-electron chi connectivity index (χ3n) is 3.12. The number of nitrogens with zero attached hydrogens (tertiary/aromatic N) is 2. The van der Waals surface area contributed by atoms with Gasteiger partial charge in [-0.05, 0) is 17.7 Å². The monoisotopic (exact) mass is 252 g/mol. The summed E-state index contributed by atoms with van der Waals surface area (Å²) in [5, 5.41) is 14.5. The van der Waals surface area contributed by atoms with Gasteiger partial charge in [-0.3, -0.25) is 4.68 Å². The first-order valence-corrected chi connectivity index (χ1v) is 5.97. The van der Waals surface area contributed by atoms with Crippen LogP contribution in [0.15, 0.2) is 54.7 Å². The highest BCUT2D eigenvalue weighted by molar-refractivity contribution is 5.89. The van der Waals surface area contributed by atoms with Crippen molar-refractivity contribution < 1.29 is 9.90 Å². The van der Waals surface area contributed by atoms with Crippen LogP contribution in [0.5, 0.6) is 0 Å². The SMILES string of the molecule is O=C(O)c1ccccc1Cn1ncc2ccccc21. The molecule has 0 aliphatic carbocycles. The molecular weight excluding hydrogens is 240 g/mol. The summed E-state index contributed by atoms with van der Waals surface area (Å²) in [5.41, 5.74) is 2.08. The molecule has 0 amide bonds. The number of carboxylic acid groups (broad SMARTS) is 1. The number of carboxylic acids is 1. The summed E-state index contributed by atoms with van der Waals surface area (Å²) in [7, 11) is 0. The maximum atomic E-state index is 11.2. The minimum Gasteiger partial charge on any atom is -0.478 e. The molecule has 0 saturated carbocycles. The molecule has 3 aromatic rings. The molecule has 0 atom stereocenters. The Hall–Kier alpha value is -2.62. The van der Waals surface area contributed by atoms with E-state index in [2.05, 4.69) is 5.10 Å². The van der Waals surface area contributed by atoms with Crippen molar-refractivity contribution in [3.8, 4) is 0 Å². The molecule has 94 valence electrons. The maximum absolute atomic E-state index is 11.2. The van der Waals surface area contributed by atoms with Gasteiger partial charge in [0.15, 0.2) is 0 Å². The van der Waals surface area contributed by atoms with E-state index < -0.39 is 5.97 Å². The Balaban J connectivity index is 2.04. The summed E-state index contributed by atoms with van der Waals surface area (Å²) in [6.45, 7) is 0.454. The summed E-state index contributed by atoms with van der Waals surface area (Å²) < 4.78 is 1.82. The maximum Gasteiger partial charge on any atom is 0.336 e. The first-order chi connectivity index (χ1) is 9.25. The van der Waals surface area contributed by atoms with Gasteiger partial charge in [0.05, 0.1) is 23.8 Å². The predicted molar refractivity (Wildman–Crippen MR) is 72.2 cm³/mol. The number of fused-ring (bicyclic) bond motifs is 1. The lowest BCUT2D eigenvalue weighted by Gasteiger charge is -2.07. The van der Waals surface area contributed by atoms with E-state index in [1.807, 2.05) is 41.1 Å². The smallest absolute Gasteiger partial charge is 0.336 e. The summed E-state index contributed by atoms with van der Waals surface area (Å²) in [6, 6.07) is 14.9. The Bertz CT molecular complexity index is 746. The van der Waals surface area contributed by atoms with E-state index in [1.165, 1.54) is 0 Å². The summed E-state index contributed by atoms with van der Waals surface area (Å²) >= 11 is 0. The van der Waals surface area contributed by atoms with Gasteiger partial charge in [-0.1, -0.05) is 36.4 Å². The fourth-order valence-electron chi connectivity index (χ4n) is 2.18. The normalized spacial score (nSPS) is 10.7. The molecule has 0 radical (unpaired) electrons. The number of para-hydroxylation sites is 1. The average molecular weight is 252 g/mol. The van der Waals surface area contributed by atoms with E-state index in [0.717, 1.165) is 16.5 Å². The van der Waals surface area contributed by atoms with Gasteiger partial charge >= 0.3 is 5.97 Å². The second-order valence-corrected chi connectivity index (χ2v) is 4.32. The number of hydrogen-bond donors (Lipinski definition) is 1. The average Bonchev–Trinajstić information content (AvgIpc) is 2.83. The summed E-state index contributed by atoms with van der Waals surface area (Å²) in [6.07, 6.45) is 1.79. The van der Waals surface area contributed by atoms with Crippen LogP contribution in [0.3, 0.4) is 0 Å². The van der Waals surface area contributed by atoms with E-state index >= 15 is 0 Å². The van der Waals surface area contributed by atoms with Crippen molar-refractivity contribution in [1.82, 2.24) is 9.78 Å². The molecule has 0 saturated heterocycles. The minimum atomic E-state index is -0.910. The standard InChI is InChI=1S/C15H12N2O2/c18-15(19)13-7-3-1-6-12(13)10-17-14-8-4-2-5-11(14)9-16-17/h1-9H,10H2,(H,18,19). The van der Waals surface area contributed by atoms with Crippen LogP contribution in [-0.4, -0.2) is 20.9 Å². The zero-order valence-corrected chi connectivity index (χ0v) is 10.2. The molecule has 0 unspecified atom stereocenters. The molecule has 2 aromatic carbocycles. The first-order valence-electron chi connectivity index (χ1n) is 5.97. The van der Waals surface area contributed by atoms with Crippen LogP contribution in [-0.2, 0) is 6.54 Å². The van der Waals surface area contributed by atoms with Crippen molar-refractivity contribution in [3.05, 3.63) is 65.9 Å². The van der Waals surface area contributed by atoms with Crippen LogP contribution in [0.25, 0.3) is 10.9 Å². The lowest BCUT2D eigenvalue weighted by molar-refractivity contribution is 0.0695.